The third-order valence-corrected chi connectivity index (χ3v) is 5.34. The van der Waals surface area contributed by atoms with Crippen LogP contribution < -0.4 is 4.90 Å². The summed E-state index contributed by atoms with van der Waals surface area (Å²) in [6.45, 7) is 2.06. The highest BCUT2D eigenvalue weighted by molar-refractivity contribution is 5.94. The van der Waals surface area contributed by atoms with Gasteiger partial charge in [0.1, 0.15) is 11.8 Å². The maximum atomic E-state index is 12.2. The smallest absolute Gasteiger partial charge is 0.415 e. The van der Waals surface area contributed by atoms with Crippen molar-refractivity contribution in [1.82, 2.24) is 20.0 Å². The number of hydrogen-bond acceptors (Lipinski definition) is 5. The van der Waals surface area contributed by atoms with Gasteiger partial charge in [0.15, 0.2) is 0 Å². The molecule has 27 heavy (non-hydrogen) atoms. The highest BCUT2D eigenvalue weighted by Gasteiger charge is 2.46. The number of carbonyl (C=O) groups excluding carboxylic acids is 1. The number of rotatable bonds is 3. The van der Waals surface area contributed by atoms with E-state index in [1.807, 2.05) is 35.4 Å². The summed E-state index contributed by atoms with van der Waals surface area (Å²) in [5, 5.41) is 8.36. The summed E-state index contributed by atoms with van der Waals surface area (Å²) < 4.78 is 5.47. The van der Waals surface area contributed by atoms with Gasteiger partial charge in [0.05, 0.1) is 23.6 Å². The first-order valence-corrected chi connectivity index (χ1v) is 9.10. The second kappa shape index (κ2) is 5.90. The maximum Gasteiger partial charge on any atom is 0.415 e. The molecule has 2 aromatic heterocycles. The van der Waals surface area contributed by atoms with Crippen molar-refractivity contribution in [2.75, 3.05) is 4.90 Å². The topological polar surface area (TPSA) is 73.1 Å². The first-order chi connectivity index (χ1) is 13.1. The second-order valence-electron chi connectivity index (χ2n) is 6.97. The number of benzene rings is 1. The molecule has 0 spiro atoms. The van der Waals surface area contributed by atoms with Gasteiger partial charge in [-0.15, -0.1) is 0 Å². The summed E-state index contributed by atoms with van der Waals surface area (Å²) in [6, 6.07) is 10.3. The molecule has 1 saturated heterocycles. The zero-order valence-corrected chi connectivity index (χ0v) is 15.2. The molecule has 0 bridgehead atoms. The van der Waals surface area contributed by atoms with Crippen LogP contribution in [0.15, 0.2) is 42.7 Å². The van der Waals surface area contributed by atoms with E-state index in [-0.39, 0.29) is 18.2 Å². The fourth-order valence-electron chi connectivity index (χ4n) is 3.99. The number of ether oxygens (including phenoxy) is 1. The lowest BCUT2D eigenvalue weighted by atomic mass is 10.00. The monoisotopic (exact) mass is 361 g/mol. The minimum absolute atomic E-state index is 0.0266. The van der Waals surface area contributed by atoms with Gasteiger partial charge in [-0.25, -0.2) is 4.79 Å². The molecule has 2 aliphatic heterocycles. The molecule has 1 fully saturated rings. The summed E-state index contributed by atoms with van der Waals surface area (Å²) in [5.41, 5.74) is 5.83. The Morgan fingerprint density at radius 3 is 2.70 bits per heavy atom. The van der Waals surface area contributed by atoms with Crippen molar-refractivity contribution in [2.24, 2.45) is 7.05 Å². The normalized spacial score (nSPS) is 20.5. The molecule has 4 heterocycles. The number of hydrogen-bond donors (Lipinski definition) is 0. The zero-order chi connectivity index (χ0) is 18.5. The van der Waals surface area contributed by atoms with Gasteiger partial charge in [-0.2, -0.15) is 15.0 Å². The number of carbonyl (C=O) groups is 1. The van der Waals surface area contributed by atoms with Gasteiger partial charge >= 0.3 is 6.09 Å². The Bertz CT molecular complexity index is 1030. The van der Waals surface area contributed by atoms with Crippen LogP contribution in [0.5, 0.6) is 0 Å². The van der Waals surface area contributed by atoms with Gasteiger partial charge in [-0.05, 0) is 42.2 Å². The highest BCUT2D eigenvalue weighted by atomic mass is 16.6. The maximum absolute atomic E-state index is 12.2. The highest BCUT2D eigenvalue weighted by Crippen LogP contribution is 2.41. The number of amides is 1. The van der Waals surface area contributed by atoms with Gasteiger partial charge in [0, 0.05) is 18.8 Å². The molecule has 1 aromatic carbocycles. The van der Waals surface area contributed by atoms with Crippen molar-refractivity contribution in [3.05, 3.63) is 48.3 Å². The molecule has 3 aromatic rings. The van der Waals surface area contributed by atoms with Crippen LogP contribution in [0, 0.1) is 0 Å². The van der Waals surface area contributed by atoms with E-state index in [0.29, 0.717) is 0 Å². The summed E-state index contributed by atoms with van der Waals surface area (Å²) >= 11 is 0. The number of aromatic nitrogens is 4. The van der Waals surface area contributed by atoms with E-state index in [4.69, 9.17) is 4.74 Å². The van der Waals surface area contributed by atoms with E-state index in [1.54, 1.807) is 13.2 Å². The van der Waals surface area contributed by atoms with Crippen molar-refractivity contribution in [2.45, 2.75) is 31.9 Å². The number of cyclic esters (lactones) is 1. The minimum Gasteiger partial charge on any atom is -0.444 e. The predicted octanol–water partition coefficient (Wildman–Crippen LogP) is 3.20. The quantitative estimate of drug-likeness (QED) is 0.716. The molecule has 7 heteroatoms. The molecule has 0 unspecified atom stereocenters. The lowest BCUT2D eigenvalue weighted by molar-refractivity contribution is 0.129. The van der Waals surface area contributed by atoms with Crippen LogP contribution in [0.4, 0.5) is 10.5 Å². The van der Waals surface area contributed by atoms with Crippen molar-refractivity contribution in [3.63, 3.8) is 0 Å². The molecule has 7 nitrogen and oxygen atoms in total. The number of anilines is 1. The minimum atomic E-state index is -0.228. The Labute approximate surface area is 156 Å². The van der Waals surface area contributed by atoms with E-state index in [2.05, 4.69) is 28.2 Å². The van der Waals surface area contributed by atoms with Crippen molar-refractivity contribution < 1.29 is 9.53 Å². The number of nitrogens with zero attached hydrogens (tertiary/aromatic N) is 5. The van der Waals surface area contributed by atoms with Crippen LogP contribution in [0.2, 0.25) is 0 Å². The van der Waals surface area contributed by atoms with Crippen molar-refractivity contribution >= 4 is 11.8 Å². The van der Waals surface area contributed by atoms with Crippen LogP contribution in [-0.2, 0) is 18.2 Å². The fourth-order valence-corrected chi connectivity index (χ4v) is 3.99. The average molecular weight is 361 g/mol. The lowest BCUT2D eigenvalue weighted by Gasteiger charge is -2.15. The molecule has 136 valence electrons. The van der Waals surface area contributed by atoms with Crippen LogP contribution in [0.1, 0.15) is 18.9 Å². The zero-order valence-electron chi connectivity index (χ0n) is 15.2. The summed E-state index contributed by atoms with van der Waals surface area (Å²) in [5.74, 6) is 0. The molecule has 0 radical (unpaired) electrons. The van der Waals surface area contributed by atoms with Crippen molar-refractivity contribution in [3.8, 4) is 22.5 Å². The molecule has 5 rings (SSSR count). The lowest BCUT2D eigenvalue weighted by Crippen LogP contribution is -2.32. The van der Waals surface area contributed by atoms with E-state index < -0.39 is 0 Å². The molecule has 0 N–H and O–H groups in total. The number of fused-ring (bicyclic) bond motifs is 3. The second-order valence-corrected chi connectivity index (χ2v) is 6.97. The molecular weight excluding hydrogens is 342 g/mol. The van der Waals surface area contributed by atoms with Crippen LogP contribution in [-0.4, -0.2) is 38.2 Å². The average Bonchev–Trinajstić information content (AvgIpc) is 3.36. The Balaban J connectivity index is 1.45. The van der Waals surface area contributed by atoms with Crippen LogP contribution >= 0.6 is 0 Å². The Kier molecular flexibility index (Phi) is 3.50. The van der Waals surface area contributed by atoms with Gasteiger partial charge < -0.3 is 4.74 Å². The third-order valence-electron chi connectivity index (χ3n) is 5.34. The molecular formula is C20H19N5O2. The molecule has 0 aliphatic carbocycles. The molecule has 2 atom stereocenters. The van der Waals surface area contributed by atoms with Crippen molar-refractivity contribution in [1.29, 1.82) is 0 Å². The third kappa shape index (κ3) is 2.50. The Morgan fingerprint density at radius 1 is 1.15 bits per heavy atom. The first kappa shape index (κ1) is 16.0. The standard InChI is InChI=1S/C20H19N5O2/c1-3-19-18-9-14-8-12(5-7-17(14)25(18)20(26)27-19)13-4-6-15(21-10-13)16-11-22-24(2)23-16/h4-8,10-11,18-19H,3,9H2,1-2H3/t18-,19-/m0/s1. The summed E-state index contributed by atoms with van der Waals surface area (Å²) in [7, 11) is 1.78. The fraction of sp³-hybridized carbons (Fsp3) is 0.300. The number of pyridine rings is 1. The number of aryl methyl sites for hydroxylation is 1. The molecule has 0 saturated carbocycles. The van der Waals surface area contributed by atoms with E-state index in [9.17, 15) is 4.79 Å². The predicted molar refractivity (Wildman–Crippen MR) is 100 cm³/mol. The van der Waals surface area contributed by atoms with Crippen LogP contribution in [0.25, 0.3) is 22.5 Å². The van der Waals surface area contributed by atoms with Gasteiger partial charge in [0.25, 0.3) is 0 Å². The van der Waals surface area contributed by atoms with E-state index in [0.717, 1.165) is 41.0 Å². The summed E-state index contributed by atoms with van der Waals surface area (Å²) in [6.07, 6.45) is 4.97. The Morgan fingerprint density at radius 2 is 2.00 bits per heavy atom. The van der Waals surface area contributed by atoms with Crippen LogP contribution in [0.3, 0.4) is 0 Å². The molecule has 1 amide bonds. The van der Waals surface area contributed by atoms with Gasteiger partial charge in [0.2, 0.25) is 0 Å². The summed E-state index contributed by atoms with van der Waals surface area (Å²) in [4.78, 5) is 20.1. The first-order valence-electron chi connectivity index (χ1n) is 9.10. The molecule has 2 aliphatic rings. The van der Waals surface area contributed by atoms with Gasteiger partial charge in [-0.3, -0.25) is 9.88 Å². The SMILES string of the molecule is CC[C@@H]1OC(=O)N2c3ccc(-c4ccc(-c5cnn(C)n5)nc4)cc3C[C@@H]12. The van der Waals surface area contributed by atoms with E-state index in [1.165, 1.54) is 10.4 Å². The Hall–Kier alpha value is -3.22. The largest absolute Gasteiger partial charge is 0.444 e. The van der Waals surface area contributed by atoms with Gasteiger partial charge in [-0.1, -0.05) is 19.1 Å². The van der Waals surface area contributed by atoms with E-state index >= 15 is 0 Å².